The van der Waals surface area contributed by atoms with Crippen LogP contribution in [0.1, 0.15) is 0 Å². The summed E-state index contributed by atoms with van der Waals surface area (Å²) in [6, 6.07) is 47.7. The van der Waals surface area contributed by atoms with E-state index in [1.54, 1.807) is 0 Å². The van der Waals surface area contributed by atoms with Crippen LogP contribution >= 0.6 is 0 Å². The predicted molar refractivity (Wildman–Crippen MR) is 177 cm³/mol. The van der Waals surface area contributed by atoms with Crippen LogP contribution < -0.4 is 0 Å². The van der Waals surface area contributed by atoms with Gasteiger partial charge in [0, 0.05) is 39.2 Å². The van der Waals surface area contributed by atoms with E-state index in [0.717, 1.165) is 55.2 Å². The number of nitrogens with zero attached hydrogens (tertiary/aromatic N) is 6. The third-order valence-corrected chi connectivity index (χ3v) is 8.22. The first kappa shape index (κ1) is 24.5. The SMILES string of the molecule is c1ccc(-c2nc(-c3ccccc3)nc(-n3c4cccnc4c4ccc5c6ccccc6n(-c6ccccc6)c5c43)n2)cc1. The lowest BCUT2D eigenvalue weighted by molar-refractivity contribution is 0.953. The zero-order valence-corrected chi connectivity index (χ0v) is 23.5. The van der Waals surface area contributed by atoms with Crippen molar-refractivity contribution in [1.29, 1.82) is 0 Å². The van der Waals surface area contributed by atoms with Gasteiger partial charge in [-0.15, -0.1) is 0 Å². The average molecular weight is 565 g/mol. The Morgan fingerprint density at radius 2 is 0.977 bits per heavy atom. The fourth-order valence-corrected chi connectivity index (χ4v) is 6.31. The summed E-state index contributed by atoms with van der Waals surface area (Å²) in [5, 5.41) is 3.38. The van der Waals surface area contributed by atoms with E-state index in [4.69, 9.17) is 19.9 Å². The zero-order chi connectivity index (χ0) is 29.0. The molecule has 206 valence electrons. The van der Waals surface area contributed by atoms with Gasteiger partial charge in [-0.1, -0.05) is 103 Å². The van der Waals surface area contributed by atoms with Crippen LogP contribution in [0.3, 0.4) is 0 Å². The molecule has 0 bridgehead atoms. The van der Waals surface area contributed by atoms with Crippen molar-refractivity contribution in [2.75, 3.05) is 0 Å². The number of pyridine rings is 1. The van der Waals surface area contributed by atoms with E-state index in [0.29, 0.717) is 17.6 Å². The van der Waals surface area contributed by atoms with Crippen molar-refractivity contribution in [3.8, 4) is 34.4 Å². The Morgan fingerprint density at radius 3 is 1.68 bits per heavy atom. The quantitative estimate of drug-likeness (QED) is 0.214. The normalized spacial score (nSPS) is 11.6. The minimum atomic E-state index is 0.545. The summed E-state index contributed by atoms with van der Waals surface area (Å²) in [4.78, 5) is 20.1. The molecule has 6 nitrogen and oxygen atoms in total. The van der Waals surface area contributed by atoms with Crippen LogP contribution in [0, 0.1) is 0 Å². The van der Waals surface area contributed by atoms with Gasteiger partial charge in [0.15, 0.2) is 11.6 Å². The molecule has 9 aromatic rings. The summed E-state index contributed by atoms with van der Waals surface area (Å²) in [6.07, 6.45) is 1.85. The highest BCUT2D eigenvalue weighted by Crippen LogP contribution is 2.40. The van der Waals surface area contributed by atoms with E-state index >= 15 is 0 Å². The lowest BCUT2D eigenvalue weighted by atomic mass is 10.1. The summed E-state index contributed by atoms with van der Waals surface area (Å²) in [5.41, 5.74) is 7.99. The number of rotatable bonds is 4. The Morgan fingerprint density at radius 1 is 0.409 bits per heavy atom. The molecule has 0 N–H and O–H groups in total. The Kier molecular flexibility index (Phi) is 5.40. The van der Waals surface area contributed by atoms with Crippen molar-refractivity contribution in [3.05, 3.63) is 146 Å². The van der Waals surface area contributed by atoms with Crippen LogP contribution in [0.5, 0.6) is 0 Å². The smallest absolute Gasteiger partial charge is 0.238 e. The Balaban J connectivity index is 1.48. The van der Waals surface area contributed by atoms with Crippen molar-refractivity contribution in [2.45, 2.75) is 0 Å². The second-order valence-electron chi connectivity index (χ2n) is 10.8. The van der Waals surface area contributed by atoms with Gasteiger partial charge in [0.05, 0.1) is 27.6 Å². The molecular weight excluding hydrogens is 540 g/mol. The summed E-state index contributed by atoms with van der Waals surface area (Å²) in [5.74, 6) is 1.77. The van der Waals surface area contributed by atoms with Crippen LogP contribution in [0.4, 0.5) is 0 Å². The molecular formula is C38H24N6. The van der Waals surface area contributed by atoms with Crippen molar-refractivity contribution in [3.63, 3.8) is 0 Å². The highest BCUT2D eigenvalue weighted by molar-refractivity contribution is 6.23. The maximum absolute atomic E-state index is 5.14. The van der Waals surface area contributed by atoms with Gasteiger partial charge in [-0.2, -0.15) is 9.97 Å². The average Bonchev–Trinajstić information content (AvgIpc) is 3.62. The first-order valence-corrected chi connectivity index (χ1v) is 14.6. The van der Waals surface area contributed by atoms with E-state index in [2.05, 4.69) is 81.9 Å². The van der Waals surface area contributed by atoms with Gasteiger partial charge in [0.25, 0.3) is 0 Å². The minimum absolute atomic E-state index is 0.545. The Hall–Kier alpha value is -6.14. The van der Waals surface area contributed by atoms with Gasteiger partial charge in [0.1, 0.15) is 0 Å². The van der Waals surface area contributed by atoms with Gasteiger partial charge in [0.2, 0.25) is 5.95 Å². The summed E-state index contributed by atoms with van der Waals surface area (Å²) < 4.78 is 4.51. The summed E-state index contributed by atoms with van der Waals surface area (Å²) in [6.45, 7) is 0. The van der Waals surface area contributed by atoms with Gasteiger partial charge in [-0.3, -0.25) is 9.55 Å². The monoisotopic (exact) mass is 564 g/mol. The van der Waals surface area contributed by atoms with Crippen LogP contribution in [0.25, 0.3) is 78.2 Å². The van der Waals surface area contributed by atoms with Crippen LogP contribution in [0.15, 0.2) is 146 Å². The van der Waals surface area contributed by atoms with E-state index in [-0.39, 0.29) is 0 Å². The van der Waals surface area contributed by atoms with E-state index in [1.165, 1.54) is 5.39 Å². The molecule has 0 saturated carbocycles. The molecule has 0 unspecified atom stereocenters. The molecule has 4 aromatic heterocycles. The molecule has 0 aliphatic rings. The number of hydrogen-bond donors (Lipinski definition) is 0. The Bertz CT molecular complexity index is 2420. The molecule has 5 aromatic carbocycles. The highest BCUT2D eigenvalue weighted by atomic mass is 15.2. The first-order valence-electron chi connectivity index (χ1n) is 14.6. The second-order valence-corrected chi connectivity index (χ2v) is 10.8. The summed E-state index contributed by atoms with van der Waals surface area (Å²) in [7, 11) is 0. The maximum Gasteiger partial charge on any atom is 0.238 e. The third kappa shape index (κ3) is 3.68. The Labute approximate surface area is 252 Å². The lowest BCUT2D eigenvalue weighted by Gasteiger charge is -2.13. The molecule has 0 aliphatic carbocycles. The molecule has 0 amide bonds. The molecule has 44 heavy (non-hydrogen) atoms. The summed E-state index contributed by atoms with van der Waals surface area (Å²) >= 11 is 0. The van der Waals surface area contributed by atoms with Crippen LogP contribution in [-0.4, -0.2) is 29.1 Å². The second kappa shape index (κ2) is 9.71. The molecule has 0 saturated heterocycles. The largest absolute Gasteiger partial charge is 0.307 e. The molecule has 9 rings (SSSR count). The number of benzene rings is 5. The van der Waals surface area contributed by atoms with Gasteiger partial charge in [-0.25, -0.2) is 4.98 Å². The van der Waals surface area contributed by atoms with Crippen molar-refractivity contribution in [2.24, 2.45) is 0 Å². The van der Waals surface area contributed by atoms with Crippen molar-refractivity contribution >= 4 is 43.7 Å². The molecule has 0 radical (unpaired) electrons. The first-order chi connectivity index (χ1) is 21.8. The fraction of sp³-hybridized carbons (Fsp3) is 0. The molecule has 4 heterocycles. The molecule has 6 heteroatoms. The number of hydrogen-bond acceptors (Lipinski definition) is 4. The predicted octanol–water partition coefficient (Wildman–Crippen LogP) is 8.79. The maximum atomic E-state index is 5.14. The van der Waals surface area contributed by atoms with E-state index < -0.39 is 0 Å². The zero-order valence-electron chi connectivity index (χ0n) is 23.5. The number of fused-ring (bicyclic) bond motifs is 7. The van der Waals surface area contributed by atoms with Crippen molar-refractivity contribution < 1.29 is 0 Å². The van der Waals surface area contributed by atoms with Crippen molar-refractivity contribution in [1.82, 2.24) is 29.1 Å². The lowest BCUT2D eigenvalue weighted by Crippen LogP contribution is -2.07. The molecule has 0 spiro atoms. The number of aromatic nitrogens is 6. The fourth-order valence-electron chi connectivity index (χ4n) is 6.31. The molecule has 0 aliphatic heterocycles. The number of para-hydroxylation sites is 2. The van der Waals surface area contributed by atoms with Gasteiger partial charge in [-0.05, 0) is 36.4 Å². The van der Waals surface area contributed by atoms with E-state index in [1.807, 2.05) is 72.9 Å². The standard InChI is InChI=1S/C38H24N6/c1-4-13-25(14-5-1)36-40-37(26-15-6-2-7-16-26)42-38(41-36)44-32-21-12-24-39-33(32)30-23-22-29-28-19-10-11-20-31(28)43(34(29)35(30)44)27-17-8-3-9-18-27/h1-24H. The van der Waals surface area contributed by atoms with E-state index in [9.17, 15) is 0 Å². The van der Waals surface area contributed by atoms with Crippen LogP contribution in [0.2, 0.25) is 0 Å². The highest BCUT2D eigenvalue weighted by Gasteiger charge is 2.23. The topological polar surface area (TPSA) is 61.4 Å². The van der Waals surface area contributed by atoms with Crippen LogP contribution in [-0.2, 0) is 0 Å². The minimum Gasteiger partial charge on any atom is -0.307 e. The molecule has 0 fully saturated rings. The molecule has 0 atom stereocenters. The van der Waals surface area contributed by atoms with Gasteiger partial charge < -0.3 is 4.57 Å². The third-order valence-electron chi connectivity index (χ3n) is 8.22. The van der Waals surface area contributed by atoms with Gasteiger partial charge >= 0.3 is 0 Å².